The minimum Gasteiger partial charge on any atom is -0.461 e. The van der Waals surface area contributed by atoms with Gasteiger partial charge in [-0.25, -0.2) is 0 Å². The highest BCUT2D eigenvalue weighted by atomic mass is 16.3. The monoisotopic (exact) mass is 233 g/mol. The van der Waals surface area contributed by atoms with Crippen LogP contribution in [0.15, 0.2) is 34.7 Å². The Morgan fingerprint density at radius 1 is 1.35 bits per heavy atom. The molecule has 1 unspecified atom stereocenters. The van der Waals surface area contributed by atoms with Crippen molar-refractivity contribution >= 4 is 11.0 Å². The van der Waals surface area contributed by atoms with Crippen LogP contribution in [0.2, 0.25) is 0 Å². The predicted octanol–water partition coefficient (Wildman–Crippen LogP) is 2.64. The summed E-state index contributed by atoms with van der Waals surface area (Å²) >= 11 is 0. The zero-order valence-electron chi connectivity index (χ0n) is 10.3. The van der Waals surface area contributed by atoms with Gasteiger partial charge in [0.15, 0.2) is 0 Å². The van der Waals surface area contributed by atoms with Crippen LogP contribution in [0, 0.1) is 0 Å². The molecule has 0 saturated heterocycles. The molecule has 0 aliphatic carbocycles. The molecule has 0 aliphatic heterocycles. The lowest BCUT2D eigenvalue weighted by atomic mass is 9.84. The van der Waals surface area contributed by atoms with Gasteiger partial charge in [-0.3, -0.25) is 0 Å². The van der Waals surface area contributed by atoms with Gasteiger partial charge in [-0.2, -0.15) is 0 Å². The molecule has 2 rings (SSSR count). The average Bonchev–Trinajstić information content (AvgIpc) is 2.67. The molecular formula is C14H19NO2. The normalized spacial score (nSPS) is 14.1. The molecule has 0 fully saturated rings. The number of fused-ring (bicyclic) bond motifs is 1. The Morgan fingerprint density at radius 3 is 2.65 bits per heavy atom. The fourth-order valence-electron chi connectivity index (χ4n) is 2.18. The van der Waals surface area contributed by atoms with Crippen LogP contribution in [-0.2, 0) is 0 Å². The third-order valence-corrected chi connectivity index (χ3v) is 3.10. The number of rotatable bonds is 4. The third-order valence-electron chi connectivity index (χ3n) is 3.10. The largest absolute Gasteiger partial charge is 0.461 e. The van der Waals surface area contributed by atoms with Crippen LogP contribution in [0.3, 0.4) is 0 Å². The smallest absolute Gasteiger partial charge is 0.134 e. The van der Waals surface area contributed by atoms with Crippen LogP contribution < -0.4 is 5.73 Å². The summed E-state index contributed by atoms with van der Waals surface area (Å²) in [5, 5.41) is 10.2. The number of aliphatic hydroxyl groups excluding tert-OH is 1. The molecule has 0 bridgehead atoms. The van der Waals surface area contributed by atoms with E-state index in [1.54, 1.807) is 0 Å². The van der Waals surface area contributed by atoms with E-state index < -0.39 is 5.54 Å². The minimum absolute atomic E-state index is 0.0277. The Bertz CT molecular complexity index is 463. The van der Waals surface area contributed by atoms with Crippen LogP contribution in [0.1, 0.15) is 31.9 Å². The van der Waals surface area contributed by atoms with Crippen molar-refractivity contribution in [3.63, 3.8) is 0 Å². The standard InChI is InChI=1S/C14H19NO2/c1-14(2,15)11(7-8-16)13-9-10-5-3-4-6-12(10)17-13/h3-6,9,11,16H,7-8,15H2,1-2H3. The number of nitrogens with two attached hydrogens (primary N) is 1. The lowest BCUT2D eigenvalue weighted by Crippen LogP contribution is -2.39. The first kappa shape index (κ1) is 12.1. The van der Waals surface area contributed by atoms with Gasteiger partial charge in [-0.05, 0) is 32.4 Å². The van der Waals surface area contributed by atoms with Gasteiger partial charge >= 0.3 is 0 Å². The Kier molecular flexibility index (Phi) is 3.22. The van der Waals surface area contributed by atoms with E-state index in [0.717, 1.165) is 16.7 Å². The second kappa shape index (κ2) is 4.51. The Hall–Kier alpha value is -1.32. The van der Waals surface area contributed by atoms with Crippen molar-refractivity contribution < 1.29 is 9.52 Å². The van der Waals surface area contributed by atoms with Crippen molar-refractivity contribution in [1.29, 1.82) is 0 Å². The molecule has 0 saturated carbocycles. The molecule has 0 spiro atoms. The fourth-order valence-corrected chi connectivity index (χ4v) is 2.18. The van der Waals surface area contributed by atoms with E-state index >= 15 is 0 Å². The molecular weight excluding hydrogens is 214 g/mol. The molecule has 1 atom stereocenters. The van der Waals surface area contributed by atoms with Gasteiger partial charge in [0.2, 0.25) is 0 Å². The van der Waals surface area contributed by atoms with Gasteiger partial charge in [0.05, 0.1) is 0 Å². The maximum absolute atomic E-state index is 9.14. The summed E-state index contributed by atoms with van der Waals surface area (Å²) in [5.74, 6) is 0.882. The van der Waals surface area contributed by atoms with E-state index in [9.17, 15) is 0 Å². The Balaban J connectivity index is 2.42. The topological polar surface area (TPSA) is 59.4 Å². The Morgan fingerprint density at radius 2 is 2.06 bits per heavy atom. The van der Waals surface area contributed by atoms with Crippen molar-refractivity contribution in [3.8, 4) is 0 Å². The highest BCUT2D eigenvalue weighted by molar-refractivity contribution is 5.77. The van der Waals surface area contributed by atoms with E-state index in [1.165, 1.54) is 0 Å². The predicted molar refractivity (Wildman–Crippen MR) is 68.9 cm³/mol. The number of benzene rings is 1. The molecule has 0 amide bonds. The Labute approximate surface area is 101 Å². The van der Waals surface area contributed by atoms with Crippen molar-refractivity contribution in [2.45, 2.75) is 31.7 Å². The van der Waals surface area contributed by atoms with Crippen molar-refractivity contribution in [3.05, 3.63) is 36.1 Å². The summed E-state index contributed by atoms with van der Waals surface area (Å²) in [4.78, 5) is 0. The zero-order valence-corrected chi connectivity index (χ0v) is 10.3. The summed E-state index contributed by atoms with van der Waals surface area (Å²) in [5.41, 5.74) is 6.61. The van der Waals surface area contributed by atoms with Gasteiger partial charge in [-0.1, -0.05) is 18.2 Å². The molecule has 1 aromatic carbocycles. The molecule has 3 heteroatoms. The second-order valence-corrected chi connectivity index (χ2v) is 5.07. The number of para-hydroxylation sites is 1. The third kappa shape index (κ3) is 2.51. The van der Waals surface area contributed by atoms with Crippen LogP contribution in [0.4, 0.5) is 0 Å². The molecule has 1 aromatic heterocycles. The highest BCUT2D eigenvalue weighted by Crippen LogP contribution is 2.33. The molecule has 0 aliphatic rings. The summed E-state index contributed by atoms with van der Waals surface area (Å²) in [7, 11) is 0. The molecule has 0 radical (unpaired) electrons. The second-order valence-electron chi connectivity index (χ2n) is 5.07. The zero-order chi connectivity index (χ0) is 12.5. The summed E-state index contributed by atoms with van der Waals surface area (Å²) in [6.45, 7) is 4.03. The molecule has 2 aromatic rings. The van der Waals surface area contributed by atoms with Crippen molar-refractivity contribution in [2.75, 3.05) is 6.61 Å². The number of hydrogen-bond donors (Lipinski definition) is 2. The number of hydrogen-bond acceptors (Lipinski definition) is 3. The van der Waals surface area contributed by atoms with Crippen LogP contribution in [0.25, 0.3) is 11.0 Å². The van der Waals surface area contributed by atoms with E-state index in [0.29, 0.717) is 6.42 Å². The van der Waals surface area contributed by atoms with Gasteiger partial charge in [0.25, 0.3) is 0 Å². The first-order valence-corrected chi connectivity index (χ1v) is 5.90. The molecule has 1 heterocycles. The van der Waals surface area contributed by atoms with Crippen LogP contribution in [-0.4, -0.2) is 17.3 Å². The summed E-state index contributed by atoms with van der Waals surface area (Å²) in [6, 6.07) is 9.91. The maximum atomic E-state index is 9.14. The first-order chi connectivity index (χ1) is 8.02. The minimum atomic E-state index is -0.406. The fraction of sp³-hybridized carbons (Fsp3) is 0.429. The molecule has 3 nitrogen and oxygen atoms in total. The molecule has 17 heavy (non-hydrogen) atoms. The molecule has 3 N–H and O–H groups in total. The van der Waals surface area contributed by atoms with Gasteiger partial charge in [0.1, 0.15) is 11.3 Å². The van der Waals surface area contributed by atoms with E-state index in [1.807, 2.05) is 44.2 Å². The summed E-state index contributed by atoms with van der Waals surface area (Å²) in [6.07, 6.45) is 0.614. The first-order valence-electron chi connectivity index (χ1n) is 5.90. The maximum Gasteiger partial charge on any atom is 0.134 e. The van der Waals surface area contributed by atoms with E-state index in [-0.39, 0.29) is 12.5 Å². The van der Waals surface area contributed by atoms with Crippen LogP contribution >= 0.6 is 0 Å². The van der Waals surface area contributed by atoms with Crippen molar-refractivity contribution in [2.24, 2.45) is 5.73 Å². The molecule has 92 valence electrons. The van der Waals surface area contributed by atoms with Gasteiger partial charge in [-0.15, -0.1) is 0 Å². The summed E-state index contributed by atoms with van der Waals surface area (Å²) < 4.78 is 5.82. The van der Waals surface area contributed by atoms with Gasteiger partial charge in [0, 0.05) is 23.4 Å². The average molecular weight is 233 g/mol. The van der Waals surface area contributed by atoms with E-state index in [2.05, 4.69) is 0 Å². The number of aliphatic hydroxyl groups is 1. The quantitative estimate of drug-likeness (QED) is 0.853. The lowest BCUT2D eigenvalue weighted by Gasteiger charge is -2.28. The van der Waals surface area contributed by atoms with Gasteiger partial charge < -0.3 is 15.3 Å². The SMILES string of the molecule is CC(C)(N)C(CCO)c1cc2ccccc2o1. The highest BCUT2D eigenvalue weighted by Gasteiger charge is 2.29. The van der Waals surface area contributed by atoms with Crippen LogP contribution in [0.5, 0.6) is 0 Å². The lowest BCUT2D eigenvalue weighted by molar-refractivity contribution is 0.237. The van der Waals surface area contributed by atoms with Crippen molar-refractivity contribution in [1.82, 2.24) is 0 Å². The van der Waals surface area contributed by atoms with E-state index in [4.69, 9.17) is 15.3 Å². The number of furan rings is 1.